The third-order valence-corrected chi connectivity index (χ3v) is 3.03. The third kappa shape index (κ3) is 2.81. The smallest absolute Gasteiger partial charge is 0.195 e. The van der Waals surface area contributed by atoms with E-state index in [2.05, 4.69) is 0 Å². The lowest BCUT2D eigenvalue weighted by Crippen LogP contribution is -2.12. The summed E-state index contributed by atoms with van der Waals surface area (Å²) in [4.78, 5) is 12.2. The van der Waals surface area contributed by atoms with Crippen molar-refractivity contribution in [3.05, 3.63) is 59.7 Å². The Labute approximate surface area is 117 Å². The highest BCUT2D eigenvalue weighted by molar-refractivity contribution is 5.99. The van der Waals surface area contributed by atoms with Gasteiger partial charge in [-0.2, -0.15) is 0 Å². The zero-order valence-electron chi connectivity index (χ0n) is 11.4. The van der Waals surface area contributed by atoms with E-state index in [1.807, 2.05) is 6.07 Å². The van der Waals surface area contributed by atoms with Gasteiger partial charge in [0.2, 0.25) is 0 Å². The molecule has 1 atom stereocenters. The first kappa shape index (κ1) is 14.1. The molecule has 2 aromatic carbocycles. The molecular weight excluding hydrogens is 256 g/mol. The van der Waals surface area contributed by atoms with E-state index in [4.69, 9.17) is 9.47 Å². The van der Waals surface area contributed by atoms with Gasteiger partial charge in [-0.3, -0.25) is 4.79 Å². The number of aliphatic hydroxyl groups excluding tert-OH is 1. The highest BCUT2D eigenvalue weighted by atomic mass is 16.5. The Balaban J connectivity index is 2.29. The van der Waals surface area contributed by atoms with Crippen molar-refractivity contribution in [2.75, 3.05) is 14.2 Å². The van der Waals surface area contributed by atoms with Crippen LogP contribution in [0.25, 0.3) is 0 Å². The number of rotatable bonds is 5. The fourth-order valence-corrected chi connectivity index (χ4v) is 1.93. The van der Waals surface area contributed by atoms with E-state index in [0.717, 1.165) is 0 Å². The molecule has 0 heterocycles. The lowest BCUT2D eigenvalue weighted by atomic mass is 10.00. The molecule has 1 unspecified atom stereocenters. The summed E-state index contributed by atoms with van der Waals surface area (Å²) < 4.78 is 10.3. The molecule has 0 saturated carbocycles. The molecule has 1 N–H and O–H groups in total. The zero-order valence-corrected chi connectivity index (χ0v) is 11.4. The summed E-state index contributed by atoms with van der Waals surface area (Å²) in [5.74, 6) is 0.679. The number of carbonyl (C=O) groups excluding carboxylic acids is 1. The van der Waals surface area contributed by atoms with Crippen molar-refractivity contribution in [1.29, 1.82) is 0 Å². The number of carbonyl (C=O) groups is 1. The molecule has 2 rings (SSSR count). The molecule has 0 spiro atoms. The van der Waals surface area contributed by atoms with Crippen molar-refractivity contribution < 1.29 is 19.4 Å². The molecule has 0 aromatic heterocycles. The standard InChI is InChI=1S/C16H16O4/c1-19-13-9-8-12(10-14(13)20-2)16(18)15(17)11-6-4-3-5-7-11/h3-10,16,18H,1-2H3. The van der Waals surface area contributed by atoms with Gasteiger partial charge < -0.3 is 14.6 Å². The van der Waals surface area contributed by atoms with Gasteiger partial charge in [-0.1, -0.05) is 36.4 Å². The number of Topliss-reactive ketones (excluding diaryl/α,β-unsaturated/α-hetero) is 1. The minimum atomic E-state index is -1.22. The van der Waals surface area contributed by atoms with Gasteiger partial charge in [0.1, 0.15) is 6.10 Å². The molecule has 0 amide bonds. The maximum atomic E-state index is 12.2. The van der Waals surface area contributed by atoms with Gasteiger partial charge in [0.25, 0.3) is 0 Å². The van der Waals surface area contributed by atoms with Crippen molar-refractivity contribution in [1.82, 2.24) is 0 Å². The zero-order chi connectivity index (χ0) is 14.5. The summed E-state index contributed by atoms with van der Waals surface area (Å²) in [5.41, 5.74) is 0.936. The predicted molar refractivity (Wildman–Crippen MR) is 75.3 cm³/mol. The van der Waals surface area contributed by atoms with Gasteiger partial charge in [-0.25, -0.2) is 0 Å². The molecule has 4 nitrogen and oxygen atoms in total. The second-order valence-electron chi connectivity index (χ2n) is 4.25. The van der Waals surface area contributed by atoms with Crippen LogP contribution >= 0.6 is 0 Å². The Bertz CT molecular complexity index is 593. The monoisotopic (exact) mass is 272 g/mol. The third-order valence-electron chi connectivity index (χ3n) is 3.03. The number of methoxy groups -OCH3 is 2. The number of benzene rings is 2. The molecule has 104 valence electrons. The van der Waals surface area contributed by atoms with Crippen LogP contribution in [0.15, 0.2) is 48.5 Å². The Kier molecular flexibility index (Phi) is 4.38. The summed E-state index contributed by atoms with van der Waals surface area (Å²) in [7, 11) is 3.04. The highest BCUT2D eigenvalue weighted by Crippen LogP contribution is 2.30. The van der Waals surface area contributed by atoms with Crippen LogP contribution < -0.4 is 9.47 Å². The second-order valence-corrected chi connectivity index (χ2v) is 4.25. The van der Waals surface area contributed by atoms with E-state index in [9.17, 15) is 9.90 Å². The van der Waals surface area contributed by atoms with E-state index >= 15 is 0 Å². The van der Waals surface area contributed by atoms with Crippen LogP contribution in [0.5, 0.6) is 11.5 Å². The van der Waals surface area contributed by atoms with Crippen LogP contribution in [0.4, 0.5) is 0 Å². The summed E-state index contributed by atoms with van der Waals surface area (Å²) >= 11 is 0. The second kappa shape index (κ2) is 6.21. The molecule has 4 heteroatoms. The van der Waals surface area contributed by atoms with Gasteiger partial charge in [-0.05, 0) is 17.7 Å². The fraction of sp³-hybridized carbons (Fsp3) is 0.188. The number of hydrogen-bond acceptors (Lipinski definition) is 4. The van der Waals surface area contributed by atoms with Gasteiger partial charge in [-0.15, -0.1) is 0 Å². The number of aliphatic hydroxyl groups is 1. The van der Waals surface area contributed by atoms with Crippen LogP contribution in [0.2, 0.25) is 0 Å². The average Bonchev–Trinajstić information content (AvgIpc) is 2.53. The molecule has 20 heavy (non-hydrogen) atoms. The van der Waals surface area contributed by atoms with E-state index in [1.165, 1.54) is 14.2 Å². The molecule has 2 aromatic rings. The first-order chi connectivity index (χ1) is 9.67. The van der Waals surface area contributed by atoms with E-state index in [0.29, 0.717) is 22.6 Å². The molecular formula is C16H16O4. The Morgan fingerprint density at radius 2 is 1.65 bits per heavy atom. The number of hydrogen-bond donors (Lipinski definition) is 1. The predicted octanol–water partition coefficient (Wildman–Crippen LogP) is 2.62. The minimum Gasteiger partial charge on any atom is -0.493 e. The lowest BCUT2D eigenvalue weighted by molar-refractivity contribution is 0.0747. The maximum Gasteiger partial charge on any atom is 0.195 e. The molecule has 0 aliphatic carbocycles. The van der Waals surface area contributed by atoms with Crippen LogP contribution in [0.3, 0.4) is 0 Å². The summed E-state index contributed by atoms with van der Waals surface area (Å²) in [6, 6.07) is 13.6. The van der Waals surface area contributed by atoms with Crippen molar-refractivity contribution in [3.8, 4) is 11.5 Å². The molecule has 0 saturated heterocycles. The SMILES string of the molecule is COc1ccc(C(O)C(=O)c2ccccc2)cc1OC. The normalized spacial score (nSPS) is 11.8. The molecule has 0 bridgehead atoms. The highest BCUT2D eigenvalue weighted by Gasteiger charge is 2.20. The quantitative estimate of drug-likeness (QED) is 0.850. The topological polar surface area (TPSA) is 55.8 Å². The van der Waals surface area contributed by atoms with Gasteiger partial charge >= 0.3 is 0 Å². The van der Waals surface area contributed by atoms with E-state index in [1.54, 1.807) is 42.5 Å². The Morgan fingerprint density at radius 3 is 2.25 bits per heavy atom. The van der Waals surface area contributed by atoms with Crippen molar-refractivity contribution >= 4 is 5.78 Å². The van der Waals surface area contributed by atoms with Gasteiger partial charge in [0, 0.05) is 5.56 Å². The van der Waals surface area contributed by atoms with Crippen molar-refractivity contribution in [3.63, 3.8) is 0 Å². The summed E-state index contributed by atoms with van der Waals surface area (Å²) in [5, 5.41) is 10.2. The lowest BCUT2D eigenvalue weighted by Gasteiger charge is -2.13. The summed E-state index contributed by atoms with van der Waals surface area (Å²) in [6.45, 7) is 0. The Morgan fingerprint density at radius 1 is 1.00 bits per heavy atom. The van der Waals surface area contributed by atoms with Crippen LogP contribution in [0.1, 0.15) is 22.0 Å². The molecule has 0 fully saturated rings. The Hall–Kier alpha value is -2.33. The van der Waals surface area contributed by atoms with Crippen LogP contribution in [-0.2, 0) is 0 Å². The van der Waals surface area contributed by atoms with Crippen LogP contribution in [0, 0.1) is 0 Å². The minimum absolute atomic E-state index is 0.349. The van der Waals surface area contributed by atoms with E-state index < -0.39 is 6.10 Å². The average molecular weight is 272 g/mol. The van der Waals surface area contributed by atoms with E-state index in [-0.39, 0.29) is 5.78 Å². The van der Waals surface area contributed by atoms with Crippen molar-refractivity contribution in [2.45, 2.75) is 6.10 Å². The fourth-order valence-electron chi connectivity index (χ4n) is 1.93. The first-order valence-corrected chi connectivity index (χ1v) is 6.16. The largest absolute Gasteiger partial charge is 0.493 e. The molecule has 0 aliphatic heterocycles. The van der Waals surface area contributed by atoms with Crippen molar-refractivity contribution in [2.24, 2.45) is 0 Å². The first-order valence-electron chi connectivity index (χ1n) is 6.16. The molecule has 0 aliphatic rings. The molecule has 0 radical (unpaired) electrons. The summed E-state index contributed by atoms with van der Waals surface area (Å²) in [6.07, 6.45) is -1.22. The number of ketones is 1. The van der Waals surface area contributed by atoms with Gasteiger partial charge in [0.05, 0.1) is 14.2 Å². The van der Waals surface area contributed by atoms with Gasteiger partial charge in [0.15, 0.2) is 17.3 Å². The maximum absolute atomic E-state index is 12.2. The van der Waals surface area contributed by atoms with Crippen LogP contribution in [-0.4, -0.2) is 25.1 Å². The number of ether oxygens (including phenoxy) is 2.